The van der Waals surface area contributed by atoms with Gasteiger partial charge in [-0.15, -0.1) is 11.3 Å². The van der Waals surface area contributed by atoms with Crippen molar-refractivity contribution < 1.29 is 4.79 Å². The number of nitrogens with one attached hydrogen (secondary N) is 1. The van der Waals surface area contributed by atoms with Crippen LogP contribution in [0.3, 0.4) is 0 Å². The smallest absolute Gasteiger partial charge is 0.275 e. The van der Waals surface area contributed by atoms with Crippen LogP contribution in [0, 0.1) is 5.92 Å². The summed E-state index contributed by atoms with van der Waals surface area (Å²) in [6.45, 7) is 6.48. The SMILES string of the molecule is CC1CC(C)N(Cc2ccsc2C(=O)NN)C1. The number of hydrazine groups is 1. The molecule has 2 unspecified atom stereocenters. The van der Waals surface area contributed by atoms with Crippen LogP contribution in [0.25, 0.3) is 0 Å². The number of thiophene rings is 1. The first-order valence-electron chi connectivity index (χ1n) is 5.93. The summed E-state index contributed by atoms with van der Waals surface area (Å²) in [6.07, 6.45) is 1.24. The summed E-state index contributed by atoms with van der Waals surface area (Å²) >= 11 is 1.45. The van der Waals surface area contributed by atoms with Crippen molar-refractivity contribution in [1.29, 1.82) is 0 Å². The first-order chi connectivity index (χ1) is 8.11. The molecule has 1 aliphatic heterocycles. The standard InChI is InChI=1S/C12H19N3OS/c1-8-5-9(2)15(6-8)7-10-3-4-17-11(10)12(16)14-13/h3-4,8-9H,5-7,13H2,1-2H3,(H,14,16). The molecule has 3 N–H and O–H groups in total. The lowest BCUT2D eigenvalue weighted by molar-refractivity contribution is 0.0955. The highest BCUT2D eigenvalue weighted by Gasteiger charge is 2.27. The van der Waals surface area contributed by atoms with E-state index in [2.05, 4.69) is 24.2 Å². The molecule has 1 fully saturated rings. The van der Waals surface area contributed by atoms with Crippen molar-refractivity contribution in [2.24, 2.45) is 11.8 Å². The fraction of sp³-hybridized carbons (Fsp3) is 0.583. The summed E-state index contributed by atoms with van der Waals surface area (Å²) in [4.78, 5) is 14.7. The van der Waals surface area contributed by atoms with Crippen LogP contribution in [0.2, 0.25) is 0 Å². The van der Waals surface area contributed by atoms with Crippen molar-refractivity contribution in [3.05, 3.63) is 21.9 Å². The third-order valence-corrected chi connectivity index (χ3v) is 4.33. The molecule has 5 heteroatoms. The Kier molecular flexibility index (Phi) is 3.81. The Morgan fingerprint density at radius 2 is 2.41 bits per heavy atom. The summed E-state index contributed by atoms with van der Waals surface area (Å²) in [5.41, 5.74) is 3.29. The number of carbonyl (C=O) groups is 1. The van der Waals surface area contributed by atoms with Gasteiger partial charge in [-0.05, 0) is 36.3 Å². The quantitative estimate of drug-likeness (QED) is 0.488. The normalized spacial score (nSPS) is 25.1. The van der Waals surface area contributed by atoms with E-state index in [1.54, 1.807) is 0 Å². The molecule has 17 heavy (non-hydrogen) atoms. The van der Waals surface area contributed by atoms with E-state index in [0.717, 1.165) is 29.4 Å². The van der Waals surface area contributed by atoms with E-state index < -0.39 is 0 Å². The average Bonchev–Trinajstić information content (AvgIpc) is 2.86. The van der Waals surface area contributed by atoms with Crippen molar-refractivity contribution in [2.45, 2.75) is 32.9 Å². The van der Waals surface area contributed by atoms with Crippen LogP contribution in [-0.4, -0.2) is 23.4 Å². The lowest BCUT2D eigenvalue weighted by Crippen LogP contribution is -2.31. The first-order valence-corrected chi connectivity index (χ1v) is 6.81. The number of hydrogen-bond acceptors (Lipinski definition) is 4. The predicted octanol–water partition coefficient (Wildman–Crippen LogP) is 1.58. The number of nitrogens with two attached hydrogens (primary N) is 1. The van der Waals surface area contributed by atoms with Crippen molar-refractivity contribution in [2.75, 3.05) is 6.54 Å². The zero-order valence-electron chi connectivity index (χ0n) is 10.3. The molecule has 1 aromatic heterocycles. The molecule has 0 aromatic carbocycles. The van der Waals surface area contributed by atoms with Crippen LogP contribution in [-0.2, 0) is 6.54 Å². The molecule has 0 bridgehead atoms. The second-order valence-corrected chi connectivity index (χ2v) is 5.78. The van der Waals surface area contributed by atoms with Crippen molar-refractivity contribution in [1.82, 2.24) is 10.3 Å². The van der Waals surface area contributed by atoms with Crippen LogP contribution >= 0.6 is 11.3 Å². The Morgan fingerprint density at radius 3 is 3.00 bits per heavy atom. The number of carbonyl (C=O) groups excluding carboxylic acids is 1. The second-order valence-electron chi connectivity index (χ2n) is 4.87. The Morgan fingerprint density at radius 1 is 1.65 bits per heavy atom. The third kappa shape index (κ3) is 2.68. The minimum atomic E-state index is -0.185. The van der Waals surface area contributed by atoms with E-state index in [-0.39, 0.29) is 5.91 Å². The highest BCUT2D eigenvalue weighted by atomic mass is 32.1. The molecule has 94 valence electrons. The van der Waals surface area contributed by atoms with E-state index in [4.69, 9.17) is 5.84 Å². The van der Waals surface area contributed by atoms with Crippen molar-refractivity contribution >= 4 is 17.2 Å². The Hall–Kier alpha value is -0.910. The minimum Gasteiger partial charge on any atom is -0.296 e. The molecular weight excluding hydrogens is 234 g/mol. The van der Waals surface area contributed by atoms with Crippen molar-refractivity contribution in [3.63, 3.8) is 0 Å². The molecule has 1 aliphatic rings. The molecule has 1 amide bonds. The summed E-state index contributed by atoms with van der Waals surface area (Å²) in [5, 5.41) is 1.95. The predicted molar refractivity (Wildman–Crippen MR) is 69.6 cm³/mol. The number of nitrogen functional groups attached to an aromatic ring is 1. The molecule has 0 radical (unpaired) electrons. The monoisotopic (exact) mass is 253 g/mol. The van der Waals surface area contributed by atoms with Gasteiger partial charge in [0.1, 0.15) is 0 Å². The van der Waals surface area contributed by atoms with Gasteiger partial charge in [-0.25, -0.2) is 5.84 Å². The molecule has 0 spiro atoms. The van der Waals surface area contributed by atoms with Gasteiger partial charge in [0.05, 0.1) is 4.88 Å². The molecule has 4 nitrogen and oxygen atoms in total. The van der Waals surface area contributed by atoms with E-state index in [1.807, 2.05) is 11.4 Å². The Bertz CT molecular complexity index is 404. The highest BCUT2D eigenvalue weighted by molar-refractivity contribution is 7.12. The van der Waals surface area contributed by atoms with Gasteiger partial charge < -0.3 is 0 Å². The summed E-state index contributed by atoms with van der Waals surface area (Å²) < 4.78 is 0. The number of nitrogens with zero attached hydrogens (tertiary/aromatic N) is 1. The lowest BCUT2D eigenvalue weighted by Gasteiger charge is -2.20. The van der Waals surface area contributed by atoms with Gasteiger partial charge in [-0.2, -0.15) is 0 Å². The molecule has 0 aliphatic carbocycles. The van der Waals surface area contributed by atoms with Gasteiger partial charge in [-0.3, -0.25) is 15.1 Å². The fourth-order valence-electron chi connectivity index (χ4n) is 2.55. The number of likely N-dealkylation sites (tertiary alicyclic amines) is 1. The third-order valence-electron chi connectivity index (χ3n) is 3.37. The summed E-state index contributed by atoms with van der Waals surface area (Å²) in [5.74, 6) is 5.74. The Balaban J connectivity index is 2.09. The van der Waals surface area contributed by atoms with Gasteiger partial charge >= 0.3 is 0 Å². The minimum absolute atomic E-state index is 0.185. The van der Waals surface area contributed by atoms with Gasteiger partial charge in [0.15, 0.2) is 0 Å². The van der Waals surface area contributed by atoms with Crippen molar-refractivity contribution in [3.8, 4) is 0 Å². The Labute approximate surface area is 106 Å². The molecular formula is C12H19N3OS. The maximum Gasteiger partial charge on any atom is 0.275 e. The van der Waals surface area contributed by atoms with Crippen LogP contribution < -0.4 is 11.3 Å². The zero-order valence-corrected chi connectivity index (χ0v) is 11.1. The summed E-state index contributed by atoms with van der Waals surface area (Å²) in [7, 11) is 0. The van der Waals surface area contributed by atoms with E-state index in [1.165, 1.54) is 17.8 Å². The molecule has 1 saturated heterocycles. The maximum atomic E-state index is 11.6. The zero-order chi connectivity index (χ0) is 12.4. The molecule has 1 aromatic rings. The maximum absolute atomic E-state index is 11.6. The molecule has 2 atom stereocenters. The fourth-order valence-corrected chi connectivity index (χ4v) is 3.37. The average molecular weight is 253 g/mol. The highest BCUT2D eigenvalue weighted by Crippen LogP contribution is 2.26. The van der Waals surface area contributed by atoms with Crippen LogP contribution in [0.1, 0.15) is 35.5 Å². The van der Waals surface area contributed by atoms with Crippen LogP contribution in [0.15, 0.2) is 11.4 Å². The number of rotatable bonds is 3. The lowest BCUT2D eigenvalue weighted by atomic mass is 10.1. The van der Waals surface area contributed by atoms with Crippen LogP contribution in [0.4, 0.5) is 0 Å². The topological polar surface area (TPSA) is 58.4 Å². The van der Waals surface area contributed by atoms with Gasteiger partial charge in [0.25, 0.3) is 5.91 Å². The summed E-state index contributed by atoms with van der Waals surface area (Å²) in [6, 6.07) is 2.61. The number of hydrogen-bond donors (Lipinski definition) is 2. The van der Waals surface area contributed by atoms with E-state index in [0.29, 0.717) is 6.04 Å². The van der Waals surface area contributed by atoms with Gasteiger partial charge in [-0.1, -0.05) is 6.92 Å². The second kappa shape index (κ2) is 5.16. The van der Waals surface area contributed by atoms with E-state index >= 15 is 0 Å². The molecule has 2 rings (SSSR count). The molecule has 0 saturated carbocycles. The van der Waals surface area contributed by atoms with Gasteiger partial charge in [0.2, 0.25) is 0 Å². The number of amides is 1. The largest absolute Gasteiger partial charge is 0.296 e. The van der Waals surface area contributed by atoms with E-state index in [9.17, 15) is 4.79 Å². The first kappa shape index (κ1) is 12.5. The van der Waals surface area contributed by atoms with Crippen LogP contribution in [0.5, 0.6) is 0 Å². The molecule has 2 heterocycles. The van der Waals surface area contributed by atoms with Gasteiger partial charge in [0, 0.05) is 19.1 Å².